The number of hydrogen-bond acceptors (Lipinski definition) is 2. The lowest BCUT2D eigenvalue weighted by Gasteiger charge is -2.28. The summed E-state index contributed by atoms with van der Waals surface area (Å²) in [5, 5.41) is -1.02. The van der Waals surface area contributed by atoms with E-state index in [4.69, 9.17) is 4.74 Å². The van der Waals surface area contributed by atoms with Crippen LogP contribution in [0.2, 0.25) is 0 Å². The molecular formula is C32H27F7O2. The van der Waals surface area contributed by atoms with E-state index < -0.39 is 62.8 Å². The Labute approximate surface area is 232 Å². The predicted octanol–water partition coefficient (Wildman–Crippen LogP) is 9.74. The van der Waals surface area contributed by atoms with Crippen molar-refractivity contribution in [2.24, 2.45) is 5.92 Å². The van der Waals surface area contributed by atoms with Crippen LogP contribution in [0.1, 0.15) is 53.7 Å². The van der Waals surface area contributed by atoms with Gasteiger partial charge in [0.15, 0.2) is 0 Å². The molecule has 0 bridgehead atoms. The summed E-state index contributed by atoms with van der Waals surface area (Å²) in [6.45, 7) is 7.37. The van der Waals surface area contributed by atoms with E-state index in [9.17, 15) is 13.2 Å². The van der Waals surface area contributed by atoms with Gasteiger partial charge in [0.25, 0.3) is 0 Å². The number of benzene rings is 4. The second kappa shape index (κ2) is 10.7. The molecule has 0 saturated carbocycles. The number of halogens is 7. The van der Waals surface area contributed by atoms with Gasteiger partial charge in [0.2, 0.25) is 0 Å². The van der Waals surface area contributed by atoms with Crippen molar-refractivity contribution in [1.82, 2.24) is 0 Å². The van der Waals surface area contributed by atoms with Gasteiger partial charge < -0.3 is 9.47 Å². The molecule has 1 heterocycles. The normalized spacial score (nSPS) is 17.7. The zero-order chi connectivity index (χ0) is 29.8. The largest absolute Gasteiger partial charge is 0.432 e. The highest BCUT2D eigenvalue weighted by atomic mass is 19.3. The topological polar surface area (TPSA) is 18.5 Å². The quantitative estimate of drug-likeness (QED) is 0.220. The van der Waals surface area contributed by atoms with Crippen LogP contribution in [0.5, 0.6) is 5.75 Å². The van der Waals surface area contributed by atoms with Crippen LogP contribution in [0.25, 0.3) is 21.9 Å². The van der Waals surface area contributed by atoms with Crippen molar-refractivity contribution in [3.63, 3.8) is 0 Å². The lowest BCUT2D eigenvalue weighted by atomic mass is 9.89. The van der Waals surface area contributed by atoms with E-state index in [0.29, 0.717) is 35.3 Å². The van der Waals surface area contributed by atoms with Crippen LogP contribution in [-0.2, 0) is 10.8 Å². The lowest BCUT2D eigenvalue weighted by Crippen LogP contribution is -2.25. The summed E-state index contributed by atoms with van der Waals surface area (Å²) in [6.07, 6.45) is -2.83. The molecule has 0 amide bonds. The summed E-state index contributed by atoms with van der Waals surface area (Å²) in [5.41, 5.74) is 0.734. The average Bonchev–Trinajstić information content (AvgIpc) is 2.86. The highest BCUT2D eigenvalue weighted by molar-refractivity contribution is 5.86. The van der Waals surface area contributed by atoms with Crippen LogP contribution in [-0.4, -0.2) is 6.61 Å². The van der Waals surface area contributed by atoms with Crippen molar-refractivity contribution in [3.05, 3.63) is 99.4 Å². The van der Waals surface area contributed by atoms with Crippen LogP contribution in [0.15, 0.2) is 42.5 Å². The van der Waals surface area contributed by atoms with Crippen LogP contribution in [0.4, 0.5) is 30.7 Å². The first-order chi connectivity index (χ1) is 19.3. The van der Waals surface area contributed by atoms with E-state index in [2.05, 4.69) is 11.7 Å². The molecule has 5 rings (SSSR count). The minimum atomic E-state index is -4.59. The average molecular weight is 577 g/mol. The van der Waals surface area contributed by atoms with Crippen molar-refractivity contribution < 1.29 is 40.2 Å². The van der Waals surface area contributed by atoms with Gasteiger partial charge in [-0.3, -0.25) is 0 Å². The van der Waals surface area contributed by atoms with E-state index in [-0.39, 0.29) is 11.7 Å². The Hall–Kier alpha value is -3.59. The van der Waals surface area contributed by atoms with E-state index in [1.807, 2.05) is 12.1 Å². The zero-order valence-electron chi connectivity index (χ0n) is 22.8. The Kier molecular flexibility index (Phi) is 7.53. The summed E-state index contributed by atoms with van der Waals surface area (Å²) in [5.74, 6) is -7.07. The van der Waals surface area contributed by atoms with Crippen molar-refractivity contribution in [2.45, 2.75) is 52.7 Å². The molecule has 4 aromatic carbocycles. The molecule has 2 nitrogen and oxygen atoms in total. The fourth-order valence-electron chi connectivity index (χ4n) is 5.52. The molecule has 1 saturated heterocycles. The summed E-state index contributed by atoms with van der Waals surface area (Å²) >= 11 is 0. The zero-order valence-corrected chi connectivity index (χ0v) is 22.8. The van der Waals surface area contributed by atoms with Gasteiger partial charge in [-0.25, -0.2) is 22.0 Å². The van der Waals surface area contributed by atoms with E-state index in [1.54, 1.807) is 13.8 Å². The molecule has 41 heavy (non-hydrogen) atoms. The van der Waals surface area contributed by atoms with E-state index in [0.717, 1.165) is 49.6 Å². The van der Waals surface area contributed by atoms with Crippen LogP contribution >= 0.6 is 0 Å². The SMILES string of the molecule is Cc1cc(C2CCC(C)CO2)cc(C)c1-c1cc(F)c(C(F)(F)Oc2cc(F)c3c(F)c(C)c(F)cc3c2)c(F)c1. The highest BCUT2D eigenvalue weighted by Gasteiger charge is 2.41. The minimum absolute atomic E-state index is 0.0531. The molecule has 0 N–H and O–H groups in total. The molecule has 1 aliphatic heterocycles. The van der Waals surface area contributed by atoms with Crippen molar-refractivity contribution in [3.8, 4) is 16.9 Å². The van der Waals surface area contributed by atoms with Crippen LogP contribution in [0, 0.1) is 55.8 Å². The van der Waals surface area contributed by atoms with Gasteiger partial charge in [0, 0.05) is 18.2 Å². The molecule has 0 radical (unpaired) electrons. The van der Waals surface area contributed by atoms with Crippen LogP contribution < -0.4 is 4.74 Å². The second-order valence-electron chi connectivity index (χ2n) is 10.8. The van der Waals surface area contributed by atoms with Crippen molar-refractivity contribution in [1.29, 1.82) is 0 Å². The van der Waals surface area contributed by atoms with Crippen molar-refractivity contribution in [2.75, 3.05) is 6.61 Å². The molecular weight excluding hydrogens is 549 g/mol. The molecule has 0 aliphatic carbocycles. The Morgan fingerprint density at radius 1 is 0.780 bits per heavy atom. The number of fused-ring (bicyclic) bond motifs is 1. The summed E-state index contributed by atoms with van der Waals surface area (Å²) in [4.78, 5) is 0. The third-order valence-corrected chi connectivity index (χ3v) is 7.58. The highest BCUT2D eigenvalue weighted by Crippen LogP contribution is 2.41. The number of rotatable bonds is 5. The Balaban J connectivity index is 1.47. The third kappa shape index (κ3) is 5.39. The van der Waals surface area contributed by atoms with Gasteiger partial charge in [-0.1, -0.05) is 19.1 Å². The molecule has 2 atom stereocenters. The summed E-state index contributed by atoms with van der Waals surface area (Å²) < 4.78 is 114. The Bertz CT molecular complexity index is 1610. The van der Waals surface area contributed by atoms with Gasteiger partial charge in [-0.15, -0.1) is 0 Å². The first-order valence-electron chi connectivity index (χ1n) is 13.1. The molecule has 216 valence electrons. The smallest absolute Gasteiger partial charge is 0.429 e. The standard InChI is InChI=1S/C32H27F7O2/c1-15-5-6-27(40-14-15)19-7-16(2)28(17(3)8-19)21-11-25(35)30(26(36)12-21)32(38,39)41-22-9-20-10-23(33)18(4)31(37)29(20)24(34)13-22/h7-13,15,27H,5-6,14H2,1-4H3. The van der Waals surface area contributed by atoms with Gasteiger partial charge in [-0.05, 0) is 97.0 Å². The Morgan fingerprint density at radius 3 is 2.00 bits per heavy atom. The minimum Gasteiger partial charge on any atom is -0.429 e. The molecule has 4 aromatic rings. The maximum atomic E-state index is 15.2. The summed E-state index contributed by atoms with van der Waals surface area (Å²) in [6, 6.07) is 7.29. The molecule has 9 heteroatoms. The molecule has 0 spiro atoms. The number of aryl methyl sites for hydroxylation is 2. The van der Waals surface area contributed by atoms with Gasteiger partial charge in [0.1, 0.15) is 40.4 Å². The van der Waals surface area contributed by atoms with E-state index in [1.165, 1.54) is 0 Å². The van der Waals surface area contributed by atoms with Gasteiger partial charge >= 0.3 is 6.11 Å². The number of ether oxygens (including phenoxy) is 2. The first-order valence-corrected chi connectivity index (χ1v) is 13.1. The lowest BCUT2D eigenvalue weighted by molar-refractivity contribution is -0.189. The first kappa shape index (κ1) is 28.9. The number of hydrogen-bond donors (Lipinski definition) is 0. The fourth-order valence-corrected chi connectivity index (χ4v) is 5.52. The summed E-state index contributed by atoms with van der Waals surface area (Å²) in [7, 11) is 0. The number of alkyl halides is 2. The molecule has 1 aliphatic rings. The second-order valence-corrected chi connectivity index (χ2v) is 10.8. The molecule has 0 aromatic heterocycles. The van der Waals surface area contributed by atoms with Crippen molar-refractivity contribution >= 4 is 10.8 Å². The van der Waals surface area contributed by atoms with Gasteiger partial charge in [0.05, 0.1) is 11.5 Å². The van der Waals surface area contributed by atoms with Crippen LogP contribution in [0.3, 0.4) is 0 Å². The molecule has 2 unspecified atom stereocenters. The Morgan fingerprint density at radius 2 is 1.41 bits per heavy atom. The van der Waals surface area contributed by atoms with E-state index >= 15 is 17.6 Å². The maximum absolute atomic E-state index is 15.2. The fraction of sp³-hybridized carbons (Fsp3) is 0.312. The third-order valence-electron chi connectivity index (χ3n) is 7.58. The van der Waals surface area contributed by atoms with Gasteiger partial charge in [-0.2, -0.15) is 8.78 Å². The molecule has 1 fully saturated rings. The monoisotopic (exact) mass is 576 g/mol. The predicted molar refractivity (Wildman–Crippen MR) is 141 cm³/mol. The maximum Gasteiger partial charge on any atom is 0.432 e.